The second kappa shape index (κ2) is 7.93. The summed E-state index contributed by atoms with van der Waals surface area (Å²) in [6.45, 7) is 1.63. The molecule has 1 amide bonds. The van der Waals surface area contributed by atoms with Gasteiger partial charge in [-0.15, -0.1) is 23.2 Å². The highest BCUT2D eigenvalue weighted by Gasteiger charge is 2.33. The van der Waals surface area contributed by atoms with Crippen molar-refractivity contribution in [2.75, 3.05) is 29.7 Å². The van der Waals surface area contributed by atoms with E-state index in [-0.39, 0.29) is 36.1 Å². The van der Waals surface area contributed by atoms with E-state index in [2.05, 4.69) is 0 Å². The quantitative estimate of drug-likeness (QED) is 0.427. The van der Waals surface area contributed by atoms with Gasteiger partial charge in [-0.1, -0.05) is 0 Å². The molecular formula is C12H14Cl2N4O5. The smallest absolute Gasteiger partial charge is 0.302 e. The van der Waals surface area contributed by atoms with Crippen LogP contribution in [0.4, 0.5) is 17.1 Å². The third-order valence-corrected chi connectivity index (χ3v) is 3.51. The van der Waals surface area contributed by atoms with Crippen LogP contribution in [0.3, 0.4) is 0 Å². The highest BCUT2D eigenvalue weighted by molar-refractivity contribution is 6.18. The minimum Gasteiger partial charge on any atom is -0.365 e. The Labute approximate surface area is 141 Å². The Morgan fingerprint density at radius 3 is 2.00 bits per heavy atom. The number of rotatable bonds is 8. The van der Waals surface area contributed by atoms with Crippen LogP contribution in [-0.4, -0.2) is 40.6 Å². The van der Waals surface area contributed by atoms with Crippen molar-refractivity contribution in [1.82, 2.24) is 0 Å². The van der Waals surface area contributed by atoms with Gasteiger partial charge in [-0.2, -0.15) is 0 Å². The SMILES string of the molecule is Cc1c([N+](=O)[O-])c(C(N)=O)cc(N(CCCl)CCCl)c1[N+](=O)[O-]. The molecule has 0 spiro atoms. The van der Waals surface area contributed by atoms with E-state index in [1.807, 2.05) is 0 Å². The van der Waals surface area contributed by atoms with Gasteiger partial charge in [0, 0.05) is 24.8 Å². The van der Waals surface area contributed by atoms with Crippen LogP contribution in [0.1, 0.15) is 15.9 Å². The largest absolute Gasteiger partial charge is 0.365 e. The average Bonchev–Trinajstić information content (AvgIpc) is 2.44. The van der Waals surface area contributed by atoms with Gasteiger partial charge in [0.25, 0.3) is 11.6 Å². The van der Waals surface area contributed by atoms with Crippen molar-refractivity contribution in [3.8, 4) is 0 Å². The van der Waals surface area contributed by atoms with Gasteiger partial charge in [-0.05, 0) is 13.0 Å². The van der Waals surface area contributed by atoms with E-state index in [1.165, 1.54) is 11.8 Å². The molecule has 0 atom stereocenters. The molecule has 0 unspecified atom stereocenters. The lowest BCUT2D eigenvalue weighted by atomic mass is 10.0. The number of halogens is 2. The van der Waals surface area contributed by atoms with Crippen LogP contribution in [0.5, 0.6) is 0 Å². The summed E-state index contributed by atoms with van der Waals surface area (Å²) in [5.41, 5.74) is 3.40. The van der Waals surface area contributed by atoms with Crippen LogP contribution in [-0.2, 0) is 0 Å². The number of benzene rings is 1. The number of amides is 1. The fourth-order valence-corrected chi connectivity index (χ4v) is 2.64. The second-order valence-corrected chi connectivity index (χ2v) is 5.26. The normalized spacial score (nSPS) is 10.4. The Morgan fingerprint density at radius 1 is 1.17 bits per heavy atom. The van der Waals surface area contributed by atoms with Crippen molar-refractivity contribution in [3.05, 3.63) is 37.4 Å². The Kier molecular flexibility index (Phi) is 6.52. The van der Waals surface area contributed by atoms with E-state index < -0.39 is 32.7 Å². The van der Waals surface area contributed by atoms with E-state index in [9.17, 15) is 25.0 Å². The van der Waals surface area contributed by atoms with Crippen molar-refractivity contribution in [1.29, 1.82) is 0 Å². The molecule has 0 aliphatic rings. The molecule has 1 aromatic rings. The first kappa shape index (κ1) is 18.9. The van der Waals surface area contributed by atoms with Gasteiger partial charge in [0.1, 0.15) is 16.8 Å². The van der Waals surface area contributed by atoms with Gasteiger partial charge in [0.05, 0.1) is 9.85 Å². The third kappa shape index (κ3) is 3.99. The van der Waals surface area contributed by atoms with E-state index in [0.717, 1.165) is 6.07 Å². The molecule has 126 valence electrons. The first-order chi connectivity index (χ1) is 10.8. The minimum atomic E-state index is -1.05. The van der Waals surface area contributed by atoms with Crippen molar-refractivity contribution in [2.45, 2.75) is 6.92 Å². The number of nitrogens with zero attached hydrogens (tertiary/aromatic N) is 3. The standard InChI is InChI=1S/C12H14Cl2N4O5/c1-7-10(17(20)21)8(12(15)19)6-9(11(7)18(22)23)16(4-2-13)5-3-14/h6H,2-5H2,1H3,(H2,15,19). The highest BCUT2D eigenvalue weighted by Crippen LogP contribution is 2.39. The van der Waals surface area contributed by atoms with Gasteiger partial charge in [0.15, 0.2) is 0 Å². The minimum absolute atomic E-state index is 0.0215. The Morgan fingerprint density at radius 2 is 1.65 bits per heavy atom. The number of nitrogens with two attached hydrogens (primary N) is 1. The van der Waals surface area contributed by atoms with E-state index in [1.54, 1.807) is 0 Å². The Balaban J connectivity index is 3.77. The lowest BCUT2D eigenvalue weighted by Gasteiger charge is -2.23. The van der Waals surface area contributed by atoms with E-state index in [0.29, 0.717) is 0 Å². The van der Waals surface area contributed by atoms with E-state index >= 15 is 0 Å². The van der Waals surface area contributed by atoms with Gasteiger partial charge in [0.2, 0.25) is 0 Å². The molecule has 0 fully saturated rings. The molecule has 2 N–H and O–H groups in total. The number of nitro benzene ring substituents is 2. The molecule has 1 aromatic carbocycles. The maximum atomic E-state index is 11.5. The van der Waals surface area contributed by atoms with Crippen LogP contribution in [0, 0.1) is 27.2 Å². The number of nitro groups is 2. The van der Waals surface area contributed by atoms with Crippen LogP contribution in [0.25, 0.3) is 0 Å². The summed E-state index contributed by atoms with van der Waals surface area (Å²) in [6, 6.07) is 1.05. The first-order valence-corrected chi connectivity index (χ1v) is 7.46. The number of carbonyl (C=O) groups is 1. The molecule has 9 nitrogen and oxygen atoms in total. The van der Waals surface area contributed by atoms with Gasteiger partial charge < -0.3 is 10.6 Å². The fourth-order valence-electron chi connectivity index (χ4n) is 2.23. The number of primary amides is 1. The summed E-state index contributed by atoms with van der Waals surface area (Å²) in [5, 5.41) is 22.6. The molecule has 0 bridgehead atoms. The molecule has 11 heteroatoms. The first-order valence-electron chi connectivity index (χ1n) is 6.39. The van der Waals surface area contributed by atoms with Crippen LogP contribution in [0.15, 0.2) is 6.07 Å². The van der Waals surface area contributed by atoms with Crippen LogP contribution >= 0.6 is 23.2 Å². The predicted molar refractivity (Wildman–Crippen MR) is 86.7 cm³/mol. The molecular weight excluding hydrogens is 351 g/mol. The maximum Gasteiger partial charge on any atom is 0.302 e. The lowest BCUT2D eigenvalue weighted by Crippen LogP contribution is -2.29. The summed E-state index contributed by atoms with van der Waals surface area (Å²) >= 11 is 11.4. The number of anilines is 1. The maximum absolute atomic E-state index is 11.5. The van der Waals surface area contributed by atoms with Crippen molar-refractivity contribution >= 4 is 46.2 Å². The number of carbonyl (C=O) groups excluding carboxylic acids is 1. The second-order valence-electron chi connectivity index (χ2n) is 4.51. The summed E-state index contributed by atoms with van der Waals surface area (Å²) in [7, 11) is 0. The molecule has 0 heterocycles. The summed E-state index contributed by atoms with van der Waals surface area (Å²) in [6.07, 6.45) is 0. The molecule has 0 saturated heterocycles. The molecule has 0 radical (unpaired) electrons. The lowest BCUT2D eigenvalue weighted by molar-refractivity contribution is -0.394. The van der Waals surface area contributed by atoms with E-state index in [4.69, 9.17) is 28.9 Å². The molecule has 0 aliphatic heterocycles. The Hall–Kier alpha value is -2.13. The van der Waals surface area contributed by atoms with Gasteiger partial charge in [-0.3, -0.25) is 25.0 Å². The summed E-state index contributed by atoms with van der Waals surface area (Å²) in [4.78, 5) is 34.0. The number of alkyl halides is 2. The molecule has 0 aliphatic carbocycles. The average molecular weight is 365 g/mol. The van der Waals surface area contributed by atoms with Crippen molar-refractivity contribution in [2.24, 2.45) is 5.73 Å². The molecule has 1 rings (SSSR count). The predicted octanol–water partition coefficient (Wildman–Crippen LogP) is 2.19. The third-order valence-electron chi connectivity index (χ3n) is 3.17. The van der Waals surface area contributed by atoms with Crippen LogP contribution in [0.2, 0.25) is 0 Å². The zero-order valence-electron chi connectivity index (χ0n) is 12.1. The fraction of sp³-hybridized carbons (Fsp3) is 0.417. The zero-order chi connectivity index (χ0) is 17.7. The van der Waals surface area contributed by atoms with Gasteiger partial charge in [-0.25, -0.2) is 0 Å². The summed E-state index contributed by atoms with van der Waals surface area (Å²) in [5.74, 6) is -0.751. The monoisotopic (exact) mass is 364 g/mol. The van der Waals surface area contributed by atoms with Crippen molar-refractivity contribution < 1.29 is 14.6 Å². The number of hydrogen-bond acceptors (Lipinski definition) is 6. The zero-order valence-corrected chi connectivity index (χ0v) is 13.6. The topological polar surface area (TPSA) is 133 Å². The summed E-state index contributed by atoms with van der Waals surface area (Å²) < 4.78 is 0. The van der Waals surface area contributed by atoms with Crippen LogP contribution < -0.4 is 10.6 Å². The molecule has 0 aromatic heterocycles. The van der Waals surface area contributed by atoms with Crippen molar-refractivity contribution in [3.63, 3.8) is 0 Å². The number of hydrogen-bond donors (Lipinski definition) is 1. The highest BCUT2D eigenvalue weighted by atomic mass is 35.5. The molecule has 0 saturated carbocycles. The Bertz CT molecular complexity index is 647. The molecule has 23 heavy (non-hydrogen) atoms. The van der Waals surface area contributed by atoms with Gasteiger partial charge >= 0.3 is 5.69 Å².